The molecule has 1 atom stereocenters. The van der Waals surface area contributed by atoms with E-state index in [1.54, 1.807) is 10.4 Å². The molecule has 21 heavy (non-hydrogen) atoms. The van der Waals surface area contributed by atoms with Gasteiger partial charge in [0.15, 0.2) is 0 Å². The van der Waals surface area contributed by atoms with E-state index in [2.05, 4.69) is 5.32 Å². The van der Waals surface area contributed by atoms with E-state index >= 15 is 0 Å². The Morgan fingerprint density at radius 3 is 2.48 bits per heavy atom. The third-order valence-corrected chi connectivity index (χ3v) is 7.84. The summed E-state index contributed by atoms with van der Waals surface area (Å²) < 4.78 is 27.3. The van der Waals surface area contributed by atoms with Crippen LogP contribution in [-0.2, 0) is 10.0 Å². The zero-order chi connectivity index (χ0) is 14.2. The largest absolute Gasteiger partial charge is 0.314 e. The summed E-state index contributed by atoms with van der Waals surface area (Å²) in [4.78, 5) is 1.05. The second-order valence-corrected chi connectivity index (χ2v) is 9.26. The lowest BCUT2D eigenvalue weighted by atomic mass is 9.89. The van der Waals surface area contributed by atoms with Gasteiger partial charge in [0.05, 0.1) is 0 Å². The van der Waals surface area contributed by atoms with Crippen molar-refractivity contribution < 1.29 is 8.42 Å². The number of nitrogens with one attached hydrogen (secondary N) is 1. The van der Waals surface area contributed by atoms with Crippen molar-refractivity contribution in [2.24, 2.45) is 5.92 Å². The van der Waals surface area contributed by atoms with Crippen molar-refractivity contribution in [3.05, 3.63) is 17.0 Å². The minimum absolute atomic E-state index is 0. The van der Waals surface area contributed by atoms with E-state index in [0.717, 1.165) is 24.3 Å². The van der Waals surface area contributed by atoms with Crippen molar-refractivity contribution in [2.45, 2.75) is 42.9 Å². The number of sulfonamides is 1. The average Bonchev–Trinajstić information content (AvgIpc) is 3.10. The molecule has 0 bridgehead atoms. The molecule has 2 aliphatic heterocycles. The Hall–Kier alpha value is -0.140. The number of piperidine rings is 1. The van der Waals surface area contributed by atoms with Crippen molar-refractivity contribution >= 4 is 33.8 Å². The lowest BCUT2D eigenvalue weighted by molar-refractivity contribution is 0.234. The third-order valence-electron chi connectivity index (χ3n) is 4.48. The molecule has 3 rings (SSSR count). The van der Waals surface area contributed by atoms with Crippen molar-refractivity contribution in [1.82, 2.24) is 9.62 Å². The van der Waals surface area contributed by atoms with E-state index in [-0.39, 0.29) is 12.4 Å². The first-order valence-corrected chi connectivity index (χ1v) is 9.63. The van der Waals surface area contributed by atoms with Gasteiger partial charge in [0.2, 0.25) is 0 Å². The van der Waals surface area contributed by atoms with E-state index < -0.39 is 10.0 Å². The molecule has 2 saturated heterocycles. The molecule has 120 valence electrons. The highest BCUT2D eigenvalue weighted by Crippen LogP contribution is 2.30. The summed E-state index contributed by atoms with van der Waals surface area (Å²) in [7, 11) is -3.26. The lowest BCUT2D eigenvalue weighted by Crippen LogP contribution is -2.43. The minimum atomic E-state index is -3.26. The van der Waals surface area contributed by atoms with E-state index in [4.69, 9.17) is 0 Å². The quantitative estimate of drug-likeness (QED) is 0.911. The molecular weight excluding hydrogens is 328 g/mol. The number of hydrogen-bond acceptors (Lipinski definition) is 4. The lowest BCUT2D eigenvalue weighted by Gasteiger charge is -2.33. The molecule has 0 radical (unpaired) electrons. The zero-order valence-corrected chi connectivity index (χ0v) is 14.7. The van der Waals surface area contributed by atoms with Crippen molar-refractivity contribution in [1.29, 1.82) is 0 Å². The summed E-state index contributed by atoms with van der Waals surface area (Å²) in [5, 5.41) is 3.55. The Bertz CT molecular complexity index is 559. The zero-order valence-electron chi connectivity index (χ0n) is 12.2. The van der Waals surface area contributed by atoms with Gasteiger partial charge < -0.3 is 5.32 Å². The molecule has 0 aliphatic carbocycles. The van der Waals surface area contributed by atoms with Gasteiger partial charge in [-0.1, -0.05) is 0 Å². The number of halogens is 1. The molecule has 1 aromatic heterocycles. The van der Waals surface area contributed by atoms with Gasteiger partial charge in [0.1, 0.15) is 4.21 Å². The Balaban J connectivity index is 0.00000161. The molecule has 0 aromatic carbocycles. The Labute approximate surface area is 137 Å². The number of rotatable bonds is 3. The summed E-state index contributed by atoms with van der Waals surface area (Å²) in [6.45, 7) is 4.41. The second kappa shape index (κ2) is 6.96. The fourth-order valence-corrected chi connectivity index (χ4v) is 6.22. The van der Waals surface area contributed by atoms with Crippen LogP contribution in [0.4, 0.5) is 0 Å². The maximum atomic E-state index is 12.5. The molecular formula is C14H23ClN2O2S2. The molecule has 7 heteroatoms. The first-order valence-electron chi connectivity index (χ1n) is 7.37. The summed E-state index contributed by atoms with van der Waals surface area (Å²) >= 11 is 1.37. The van der Waals surface area contributed by atoms with Crippen LogP contribution in [0.15, 0.2) is 16.3 Å². The number of hydrogen-bond donors (Lipinski definition) is 1. The summed E-state index contributed by atoms with van der Waals surface area (Å²) in [6, 6.07) is 4.23. The molecule has 1 aromatic rings. The summed E-state index contributed by atoms with van der Waals surface area (Å²) in [6.07, 6.45) is 4.49. The average molecular weight is 351 g/mol. The summed E-state index contributed by atoms with van der Waals surface area (Å²) in [5.41, 5.74) is 0. The predicted octanol–water partition coefficient (Wildman–Crippen LogP) is 2.63. The van der Waals surface area contributed by atoms with E-state index in [0.29, 0.717) is 29.3 Å². The molecule has 1 unspecified atom stereocenters. The van der Waals surface area contributed by atoms with E-state index in [1.807, 2.05) is 13.0 Å². The van der Waals surface area contributed by atoms with Gasteiger partial charge in [-0.25, -0.2) is 8.42 Å². The normalized spacial score (nSPS) is 24.9. The van der Waals surface area contributed by atoms with Gasteiger partial charge in [-0.15, -0.1) is 23.7 Å². The summed E-state index contributed by atoms with van der Waals surface area (Å²) in [5.74, 6) is 0.647. The topological polar surface area (TPSA) is 49.4 Å². The van der Waals surface area contributed by atoms with Gasteiger partial charge in [-0.05, 0) is 57.2 Å². The van der Waals surface area contributed by atoms with Crippen molar-refractivity contribution in [3.8, 4) is 0 Å². The van der Waals surface area contributed by atoms with Gasteiger partial charge in [-0.3, -0.25) is 0 Å². The number of aryl methyl sites for hydroxylation is 1. The molecule has 1 N–H and O–H groups in total. The van der Waals surface area contributed by atoms with Gasteiger partial charge >= 0.3 is 0 Å². The second-order valence-electron chi connectivity index (χ2n) is 5.81. The first-order chi connectivity index (χ1) is 9.57. The Kier molecular flexibility index (Phi) is 5.71. The Morgan fingerprint density at radius 1 is 1.24 bits per heavy atom. The first kappa shape index (κ1) is 17.2. The molecule has 2 aliphatic rings. The highest BCUT2D eigenvalue weighted by molar-refractivity contribution is 7.91. The molecule has 4 nitrogen and oxygen atoms in total. The van der Waals surface area contributed by atoms with Gasteiger partial charge in [-0.2, -0.15) is 4.31 Å². The van der Waals surface area contributed by atoms with Crippen molar-refractivity contribution in [2.75, 3.05) is 19.6 Å². The Morgan fingerprint density at radius 2 is 1.95 bits per heavy atom. The van der Waals surface area contributed by atoms with Crippen LogP contribution in [0.5, 0.6) is 0 Å². The van der Waals surface area contributed by atoms with Crippen LogP contribution in [-0.4, -0.2) is 38.4 Å². The van der Waals surface area contributed by atoms with E-state index in [1.165, 1.54) is 24.2 Å². The molecule has 0 amide bonds. The fourth-order valence-electron chi connectivity index (χ4n) is 3.31. The third kappa shape index (κ3) is 3.62. The molecule has 0 spiro atoms. The predicted molar refractivity (Wildman–Crippen MR) is 88.8 cm³/mol. The minimum Gasteiger partial charge on any atom is -0.314 e. The molecule has 0 saturated carbocycles. The van der Waals surface area contributed by atoms with Crippen LogP contribution in [0.1, 0.15) is 30.6 Å². The maximum Gasteiger partial charge on any atom is 0.252 e. The van der Waals surface area contributed by atoms with Crippen LogP contribution < -0.4 is 5.32 Å². The highest BCUT2D eigenvalue weighted by Gasteiger charge is 2.33. The molecule has 3 heterocycles. The fraction of sp³-hybridized carbons (Fsp3) is 0.714. The van der Waals surface area contributed by atoms with Crippen molar-refractivity contribution in [3.63, 3.8) is 0 Å². The SMILES string of the molecule is Cc1ccc(S(=O)(=O)N2CCC(C3CCCN3)CC2)s1.Cl. The standard InChI is InChI=1S/C14H22N2O2S2.ClH/c1-11-4-5-14(19-11)20(17,18)16-9-6-12(7-10-16)13-3-2-8-15-13;/h4-5,12-13,15H,2-3,6-10H2,1H3;1H. The van der Waals surface area contributed by atoms with Crippen LogP contribution in [0.2, 0.25) is 0 Å². The van der Waals surface area contributed by atoms with Gasteiger partial charge in [0, 0.05) is 24.0 Å². The van der Waals surface area contributed by atoms with Crippen LogP contribution in [0, 0.1) is 12.8 Å². The number of thiophene rings is 1. The van der Waals surface area contributed by atoms with Crippen LogP contribution >= 0.6 is 23.7 Å². The van der Waals surface area contributed by atoms with Gasteiger partial charge in [0.25, 0.3) is 10.0 Å². The van der Waals surface area contributed by atoms with Crippen LogP contribution in [0.25, 0.3) is 0 Å². The maximum absolute atomic E-state index is 12.5. The molecule has 2 fully saturated rings. The monoisotopic (exact) mass is 350 g/mol. The smallest absolute Gasteiger partial charge is 0.252 e. The number of nitrogens with zero attached hydrogens (tertiary/aromatic N) is 1. The van der Waals surface area contributed by atoms with Crippen LogP contribution in [0.3, 0.4) is 0 Å². The van der Waals surface area contributed by atoms with E-state index in [9.17, 15) is 8.42 Å². The highest BCUT2D eigenvalue weighted by atomic mass is 35.5.